The number of aryl methyl sites for hydroxylation is 1. The number of benzene rings is 1. The molecule has 0 fully saturated rings. The van der Waals surface area contributed by atoms with Crippen LogP contribution in [0.1, 0.15) is 16.9 Å². The summed E-state index contributed by atoms with van der Waals surface area (Å²) in [7, 11) is -3.26. The number of methoxy groups -OCH3 is 1. The molecule has 212 valence electrons. The number of aliphatic hydroxyl groups excluding tert-OH is 1. The first-order chi connectivity index (χ1) is 19.7. The zero-order valence-electron chi connectivity index (χ0n) is 21.5. The standard InChI is InChI=1S/C26H23F2N7O5S/c1-40-26-20(33-41(38,39)21-7-6-17(27)12-19(21)28)11-16(13-29-26)23-24(35-9-3-2-5-22(35)32-23)25(37)31-18-14-30-34(15-18)8-4-10-36/h2-3,5-7,9,11-15,33,36H,4,8,10H2,1H3,(H,31,37). The Bertz CT molecular complexity index is 1860. The van der Waals surface area contributed by atoms with E-state index in [4.69, 9.17) is 9.84 Å². The van der Waals surface area contributed by atoms with Crippen LogP contribution < -0.4 is 14.8 Å². The van der Waals surface area contributed by atoms with Crippen molar-refractivity contribution in [1.29, 1.82) is 0 Å². The number of pyridine rings is 2. The van der Waals surface area contributed by atoms with Crippen LogP contribution >= 0.6 is 0 Å². The van der Waals surface area contributed by atoms with Crippen molar-refractivity contribution in [2.24, 2.45) is 0 Å². The van der Waals surface area contributed by atoms with Gasteiger partial charge in [-0.3, -0.25) is 18.6 Å². The number of anilines is 2. The Balaban J connectivity index is 1.54. The van der Waals surface area contributed by atoms with E-state index in [1.807, 2.05) is 0 Å². The molecule has 0 atom stereocenters. The van der Waals surface area contributed by atoms with Gasteiger partial charge in [0.15, 0.2) is 0 Å². The van der Waals surface area contributed by atoms with Crippen LogP contribution in [0.2, 0.25) is 0 Å². The third kappa shape index (κ3) is 5.71. The Kier molecular flexibility index (Phi) is 7.63. The van der Waals surface area contributed by atoms with E-state index in [2.05, 4.69) is 25.1 Å². The van der Waals surface area contributed by atoms with E-state index < -0.39 is 32.5 Å². The van der Waals surface area contributed by atoms with Gasteiger partial charge in [0, 0.05) is 43.4 Å². The van der Waals surface area contributed by atoms with E-state index in [-0.39, 0.29) is 35.1 Å². The predicted molar refractivity (Wildman–Crippen MR) is 144 cm³/mol. The van der Waals surface area contributed by atoms with E-state index in [1.54, 1.807) is 39.7 Å². The van der Waals surface area contributed by atoms with Crippen molar-refractivity contribution in [3.05, 3.63) is 84.6 Å². The van der Waals surface area contributed by atoms with Gasteiger partial charge in [-0.2, -0.15) is 5.10 Å². The number of rotatable bonds is 10. The Morgan fingerprint density at radius 2 is 1.98 bits per heavy atom. The highest BCUT2D eigenvalue weighted by Gasteiger charge is 2.25. The maximum atomic E-state index is 14.3. The predicted octanol–water partition coefficient (Wildman–Crippen LogP) is 3.32. The molecule has 0 saturated carbocycles. The molecule has 0 spiro atoms. The summed E-state index contributed by atoms with van der Waals surface area (Å²) in [6.07, 6.45) is 6.57. The van der Waals surface area contributed by atoms with Gasteiger partial charge in [0.1, 0.15) is 39.3 Å². The first-order valence-corrected chi connectivity index (χ1v) is 13.6. The molecule has 0 radical (unpaired) electrons. The number of amides is 1. The molecule has 15 heteroatoms. The van der Waals surface area contributed by atoms with E-state index in [9.17, 15) is 22.0 Å². The molecule has 5 aromatic rings. The lowest BCUT2D eigenvalue weighted by Gasteiger charge is -2.13. The maximum Gasteiger partial charge on any atom is 0.275 e. The lowest BCUT2D eigenvalue weighted by atomic mass is 10.1. The molecule has 0 unspecified atom stereocenters. The fraction of sp³-hybridized carbons (Fsp3) is 0.154. The number of aliphatic hydroxyl groups is 1. The third-order valence-corrected chi connectivity index (χ3v) is 7.33. The average Bonchev–Trinajstić information content (AvgIpc) is 3.55. The fourth-order valence-electron chi connectivity index (χ4n) is 4.10. The smallest absolute Gasteiger partial charge is 0.275 e. The number of halogens is 2. The third-order valence-electron chi connectivity index (χ3n) is 5.93. The minimum absolute atomic E-state index is 0.000388. The normalized spacial score (nSPS) is 11.5. The highest BCUT2D eigenvalue weighted by molar-refractivity contribution is 7.92. The van der Waals surface area contributed by atoms with Crippen molar-refractivity contribution in [3.8, 4) is 17.1 Å². The van der Waals surface area contributed by atoms with Crippen molar-refractivity contribution in [1.82, 2.24) is 24.1 Å². The number of carbonyl (C=O) groups excluding carboxylic acids is 1. The minimum Gasteiger partial charge on any atom is -0.480 e. The topological polar surface area (TPSA) is 153 Å². The van der Waals surface area contributed by atoms with Crippen LogP contribution in [0.3, 0.4) is 0 Å². The fourth-order valence-corrected chi connectivity index (χ4v) is 5.21. The van der Waals surface area contributed by atoms with Crippen molar-refractivity contribution in [2.75, 3.05) is 23.8 Å². The largest absolute Gasteiger partial charge is 0.480 e. The van der Waals surface area contributed by atoms with Crippen molar-refractivity contribution < 1.29 is 31.8 Å². The van der Waals surface area contributed by atoms with Crippen LogP contribution in [0.15, 0.2) is 72.1 Å². The number of carbonyl (C=O) groups is 1. The summed E-state index contributed by atoms with van der Waals surface area (Å²) >= 11 is 0. The van der Waals surface area contributed by atoms with Crippen molar-refractivity contribution in [3.63, 3.8) is 0 Å². The van der Waals surface area contributed by atoms with Gasteiger partial charge in [-0.05, 0) is 36.8 Å². The average molecular weight is 584 g/mol. The van der Waals surface area contributed by atoms with Gasteiger partial charge in [-0.1, -0.05) is 6.07 Å². The van der Waals surface area contributed by atoms with E-state index in [0.717, 1.165) is 12.1 Å². The molecule has 4 aromatic heterocycles. The summed E-state index contributed by atoms with van der Waals surface area (Å²) in [5.41, 5.74) is 1.21. The molecule has 0 saturated heterocycles. The van der Waals surface area contributed by atoms with Gasteiger partial charge in [-0.25, -0.2) is 27.2 Å². The van der Waals surface area contributed by atoms with Gasteiger partial charge in [0.05, 0.1) is 19.0 Å². The number of nitrogens with one attached hydrogen (secondary N) is 2. The lowest BCUT2D eigenvalue weighted by Crippen LogP contribution is -2.16. The number of hydrogen-bond donors (Lipinski definition) is 3. The summed E-state index contributed by atoms with van der Waals surface area (Å²) in [4.78, 5) is 21.5. The molecular weight excluding hydrogens is 560 g/mol. The molecule has 5 rings (SSSR count). The Morgan fingerprint density at radius 1 is 1.15 bits per heavy atom. The highest BCUT2D eigenvalue weighted by Crippen LogP contribution is 2.32. The van der Waals surface area contributed by atoms with Gasteiger partial charge >= 0.3 is 0 Å². The van der Waals surface area contributed by atoms with Crippen LogP contribution in [0, 0.1) is 11.6 Å². The maximum absolute atomic E-state index is 14.3. The SMILES string of the molecule is COc1ncc(-c2nc3ccccn3c2C(=O)Nc2cnn(CCCO)c2)cc1NS(=O)(=O)c1ccc(F)cc1F. The highest BCUT2D eigenvalue weighted by atomic mass is 32.2. The van der Waals surface area contributed by atoms with Gasteiger partial charge in [-0.15, -0.1) is 0 Å². The number of sulfonamides is 1. The summed E-state index contributed by atoms with van der Waals surface area (Å²) in [5, 5.41) is 16.0. The lowest BCUT2D eigenvalue weighted by molar-refractivity contribution is 0.102. The quantitative estimate of drug-likeness (QED) is 0.226. The van der Waals surface area contributed by atoms with Gasteiger partial charge < -0.3 is 15.2 Å². The number of ether oxygens (including phenoxy) is 1. The Hall–Kier alpha value is -4.89. The van der Waals surface area contributed by atoms with Gasteiger partial charge in [0.25, 0.3) is 15.9 Å². The van der Waals surface area contributed by atoms with Gasteiger partial charge in [0.2, 0.25) is 5.88 Å². The van der Waals surface area contributed by atoms with Crippen molar-refractivity contribution >= 4 is 33.0 Å². The monoisotopic (exact) mass is 583 g/mol. The Labute approximate surface area is 232 Å². The number of nitrogens with zero attached hydrogens (tertiary/aromatic N) is 5. The Morgan fingerprint density at radius 3 is 2.73 bits per heavy atom. The van der Waals surface area contributed by atoms with Crippen LogP contribution in [0.25, 0.3) is 16.9 Å². The zero-order valence-corrected chi connectivity index (χ0v) is 22.3. The molecule has 4 heterocycles. The summed E-state index contributed by atoms with van der Waals surface area (Å²) in [5.74, 6) is -2.88. The second-order valence-electron chi connectivity index (χ2n) is 8.72. The first-order valence-electron chi connectivity index (χ1n) is 12.1. The minimum atomic E-state index is -4.53. The molecule has 0 aliphatic heterocycles. The molecule has 3 N–H and O–H groups in total. The molecule has 1 aromatic carbocycles. The van der Waals surface area contributed by atoms with Crippen LogP contribution in [-0.4, -0.2) is 57.3 Å². The van der Waals surface area contributed by atoms with E-state index in [0.29, 0.717) is 30.4 Å². The van der Waals surface area contributed by atoms with Crippen molar-refractivity contribution in [2.45, 2.75) is 17.9 Å². The molecular formula is C26H23F2N7O5S. The van der Waals surface area contributed by atoms with Crippen LogP contribution in [-0.2, 0) is 16.6 Å². The molecule has 12 nitrogen and oxygen atoms in total. The second-order valence-corrected chi connectivity index (χ2v) is 10.4. The number of hydrogen-bond acceptors (Lipinski definition) is 8. The second kappa shape index (κ2) is 11.3. The molecule has 41 heavy (non-hydrogen) atoms. The van der Waals surface area contributed by atoms with Crippen LogP contribution in [0.5, 0.6) is 5.88 Å². The molecule has 0 aliphatic carbocycles. The summed E-state index contributed by atoms with van der Waals surface area (Å²) in [6.45, 7) is 0.463. The number of fused-ring (bicyclic) bond motifs is 1. The molecule has 1 amide bonds. The van der Waals surface area contributed by atoms with Crippen LogP contribution in [0.4, 0.5) is 20.2 Å². The summed E-state index contributed by atoms with van der Waals surface area (Å²) < 4.78 is 64.2. The molecule has 0 aliphatic rings. The van der Waals surface area contributed by atoms with E-state index in [1.165, 1.54) is 25.6 Å². The molecule has 0 bridgehead atoms. The first kappa shape index (κ1) is 27.7. The number of aromatic nitrogens is 5. The van der Waals surface area contributed by atoms with E-state index >= 15 is 0 Å². The summed E-state index contributed by atoms with van der Waals surface area (Å²) in [6, 6.07) is 8.56. The number of imidazole rings is 1. The zero-order chi connectivity index (χ0) is 29.1.